The van der Waals surface area contributed by atoms with Crippen molar-refractivity contribution in [2.45, 2.75) is 25.3 Å². The molecule has 4 heteroatoms. The van der Waals surface area contributed by atoms with E-state index in [1.54, 1.807) is 19.0 Å². The molecule has 1 aliphatic carbocycles. The number of hydrogen-bond acceptors (Lipinski definition) is 2. The Morgan fingerprint density at radius 1 is 1.39 bits per heavy atom. The van der Waals surface area contributed by atoms with Gasteiger partial charge in [-0.15, -0.1) is 0 Å². The second kappa shape index (κ2) is 4.12. The SMILES string of the molecule is CN(C)C(=O)Cn1c(C2CC2)nc2ccccc21. The van der Waals surface area contributed by atoms with Gasteiger partial charge in [-0.3, -0.25) is 4.79 Å². The average molecular weight is 243 g/mol. The predicted octanol–water partition coefficient (Wildman–Crippen LogP) is 2.00. The molecule has 1 amide bonds. The Morgan fingerprint density at radius 3 is 2.78 bits per heavy atom. The Kier molecular flexibility index (Phi) is 2.58. The normalized spacial score (nSPS) is 15.0. The lowest BCUT2D eigenvalue weighted by molar-refractivity contribution is -0.129. The van der Waals surface area contributed by atoms with E-state index < -0.39 is 0 Å². The molecule has 3 rings (SSSR count). The fourth-order valence-corrected chi connectivity index (χ4v) is 2.19. The van der Waals surface area contributed by atoms with Gasteiger partial charge in [0.1, 0.15) is 12.4 Å². The number of benzene rings is 1. The first-order chi connectivity index (χ1) is 8.66. The molecule has 1 aromatic carbocycles. The number of carbonyl (C=O) groups is 1. The Bertz CT molecular complexity index is 596. The van der Waals surface area contributed by atoms with Gasteiger partial charge in [-0.2, -0.15) is 0 Å². The number of para-hydroxylation sites is 2. The predicted molar refractivity (Wildman–Crippen MR) is 70.4 cm³/mol. The van der Waals surface area contributed by atoms with Crippen molar-refractivity contribution in [3.63, 3.8) is 0 Å². The lowest BCUT2D eigenvalue weighted by Crippen LogP contribution is -2.26. The summed E-state index contributed by atoms with van der Waals surface area (Å²) in [7, 11) is 3.58. The molecule has 4 nitrogen and oxygen atoms in total. The summed E-state index contributed by atoms with van der Waals surface area (Å²) in [5.74, 6) is 1.74. The molecule has 0 atom stereocenters. The maximum atomic E-state index is 11.9. The molecule has 0 radical (unpaired) electrons. The molecular formula is C14H17N3O. The molecule has 18 heavy (non-hydrogen) atoms. The van der Waals surface area contributed by atoms with Crippen molar-refractivity contribution in [3.05, 3.63) is 30.1 Å². The molecule has 0 N–H and O–H groups in total. The first-order valence-electron chi connectivity index (χ1n) is 6.32. The highest BCUT2D eigenvalue weighted by Gasteiger charge is 2.30. The van der Waals surface area contributed by atoms with Crippen molar-refractivity contribution in [3.8, 4) is 0 Å². The van der Waals surface area contributed by atoms with Gasteiger partial charge < -0.3 is 9.47 Å². The minimum absolute atomic E-state index is 0.111. The van der Waals surface area contributed by atoms with Crippen LogP contribution in [0.15, 0.2) is 24.3 Å². The van der Waals surface area contributed by atoms with Crippen LogP contribution in [0, 0.1) is 0 Å². The van der Waals surface area contributed by atoms with E-state index in [0.29, 0.717) is 12.5 Å². The molecule has 2 aromatic rings. The monoisotopic (exact) mass is 243 g/mol. The van der Waals surface area contributed by atoms with Gasteiger partial charge in [-0.25, -0.2) is 4.98 Å². The van der Waals surface area contributed by atoms with Crippen LogP contribution in [-0.4, -0.2) is 34.5 Å². The third kappa shape index (κ3) is 1.88. The summed E-state index contributed by atoms with van der Waals surface area (Å²) >= 11 is 0. The fraction of sp³-hybridized carbons (Fsp3) is 0.429. The zero-order valence-electron chi connectivity index (χ0n) is 10.8. The van der Waals surface area contributed by atoms with Crippen LogP contribution in [0.25, 0.3) is 11.0 Å². The Morgan fingerprint density at radius 2 is 2.11 bits per heavy atom. The zero-order chi connectivity index (χ0) is 12.7. The fourth-order valence-electron chi connectivity index (χ4n) is 2.19. The molecule has 1 saturated carbocycles. The van der Waals surface area contributed by atoms with Gasteiger partial charge in [0, 0.05) is 20.0 Å². The molecule has 94 valence electrons. The summed E-state index contributed by atoms with van der Waals surface area (Å²) in [4.78, 5) is 18.2. The van der Waals surface area contributed by atoms with Gasteiger partial charge in [0.15, 0.2) is 0 Å². The Labute approximate surface area is 106 Å². The quantitative estimate of drug-likeness (QED) is 0.827. The molecule has 0 bridgehead atoms. The maximum Gasteiger partial charge on any atom is 0.242 e. The number of rotatable bonds is 3. The molecule has 0 unspecified atom stereocenters. The van der Waals surface area contributed by atoms with E-state index in [2.05, 4.69) is 9.55 Å². The van der Waals surface area contributed by atoms with Gasteiger partial charge in [0.2, 0.25) is 5.91 Å². The van der Waals surface area contributed by atoms with E-state index in [0.717, 1.165) is 16.9 Å². The highest BCUT2D eigenvalue weighted by molar-refractivity contribution is 5.81. The lowest BCUT2D eigenvalue weighted by atomic mass is 10.3. The number of imidazole rings is 1. The van der Waals surface area contributed by atoms with E-state index in [4.69, 9.17) is 0 Å². The van der Waals surface area contributed by atoms with E-state index in [1.807, 2.05) is 24.3 Å². The standard InChI is InChI=1S/C14H17N3O/c1-16(2)13(18)9-17-12-6-4-3-5-11(12)15-14(17)10-7-8-10/h3-6,10H,7-9H2,1-2H3. The van der Waals surface area contributed by atoms with Crippen LogP contribution in [0.1, 0.15) is 24.6 Å². The van der Waals surface area contributed by atoms with Gasteiger partial charge in [-0.05, 0) is 25.0 Å². The summed E-state index contributed by atoms with van der Waals surface area (Å²) < 4.78 is 2.08. The van der Waals surface area contributed by atoms with Crippen LogP contribution in [-0.2, 0) is 11.3 Å². The topological polar surface area (TPSA) is 38.1 Å². The van der Waals surface area contributed by atoms with Gasteiger partial charge >= 0.3 is 0 Å². The number of amides is 1. The third-order valence-electron chi connectivity index (χ3n) is 3.42. The van der Waals surface area contributed by atoms with Crippen LogP contribution in [0.3, 0.4) is 0 Å². The molecule has 0 spiro atoms. The Hall–Kier alpha value is -1.84. The zero-order valence-corrected chi connectivity index (χ0v) is 10.8. The second-order valence-corrected chi connectivity index (χ2v) is 5.11. The van der Waals surface area contributed by atoms with Crippen LogP contribution in [0.2, 0.25) is 0 Å². The summed E-state index contributed by atoms with van der Waals surface area (Å²) in [5, 5.41) is 0. The minimum Gasteiger partial charge on any atom is -0.347 e. The van der Waals surface area contributed by atoms with Crippen molar-refractivity contribution in [2.75, 3.05) is 14.1 Å². The van der Waals surface area contributed by atoms with Crippen molar-refractivity contribution >= 4 is 16.9 Å². The Balaban J connectivity index is 2.06. The molecule has 1 aliphatic rings. The molecular weight excluding hydrogens is 226 g/mol. The molecule has 1 fully saturated rings. The van der Waals surface area contributed by atoms with E-state index >= 15 is 0 Å². The van der Waals surface area contributed by atoms with E-state index in [-0.39, 0.29) is 5.91 Å². The number of carbonyl (C=O) groups excluding carboxylic acids is 1. The number of aromatic nitrogens is 2. The van der Waals surface area contributed by atoms with E-state index in [9.17, 15) is 4.79 Å². The lowest BCUT2D eigenvalue weighted by Gasteiger charge is -2.13. The number of likely N-dealkylation sites (N-methyl/N-ethyl adjacent to an activating group) is 1. The van der Waals surface area contributed by atoms with Crippen LogP contribution >= 0.6 is 0 Å². The highest BCUT2D eigenvalue weighted by Crippen LogP contribution is 2.40. The average Bonchev–Trinajstić information content (AvgIpc) is 3.13. The van der Waals surface area contributed by atoms with Crippen molar-refractivity contribution in [1.82, 2.24) is 14.5 Å². The minimum atomic E-state index is 0.111. The van der Waals surface area contributed by atoms with Crippen molar-refractivity contribution in [1.29, 1.82) is 0 Å². The summed E-state index contributed by atoms with van der Waals surface area (Å²) in [5.41, 5.74) is 2.06. The van der Waals surface area contributed by atoms with Gasteiger partial charge in [-0.1, -0.05) is 12.1 Å². The molecule has 1 heterocycles. The highest BCUT2D eigenvalue weighted by atomic mass is 16.2. The summed E-state index contributed by atoms with van der Waals surface area (Å²) in [6, 6.07) is 8.04. The maximum absolute atomic E-state index is 11.9. The smallest absolute Gasteiger partial charge is 0.242 e. The van der Waals surface area contributed by atoms with Gasteiger partial charge in [0.25, 0.3) is 0 Å². The summed E-state index contributed by atoms with van der Waals surface area (Å²) in [6.07, 6.45) is 2.39. The summed E-state index contributed by atoms with van der Waals surface area (Å²) in [6.45, 7) is 0.388. The second-order valence-electron chi connectivity index (χ2n) is 5.11. The van der Waals surface area contributed by atoms with Crippen LogP contribution in [0.5, 0.6) is 0 Å². The van der Waals surface area contributed by atoms with Crippen LogP contribution in [0.4, 0.5) is 0 Å². The molecule has 0 aliphatic heterocycles. The number of hydrogen-bond donors (Lipinski definition) is 0. The first-order valence-corrected chi connectivity index (χ1v) is 6.32. The van der Waals surface area contributed by atoms with Crippen molar-refractivity contribution in [2.24, 2.45) is 0 Å². The van der Waals surface area contributed by atoms with Gasteiger partial charge in [0.05, 0.1) is 11.0 Å². The van der Waals surface area contributed by atoms with Crippen molar-refractivity contribution < 1.29 is 4.79 Å². The first kappa shape index (κ1) is 11.3. The molecule has 0 saturated heterocycles. The third-order valence-corrected chi connectivity index (χ3v) is 3.42. The number of nitrogens with zero attached hydrogens (tertiary/aromatic N) is 3. The van der Waals surface area contributed by atoms with Crippen LogP contribution < -0.4 is 0 Å². The van der Waals surface area contributed by atoms with E-state index in [1.165, 1.54) is 12.8 Å². The largest absolute Gasteiger partial charge is 0.347 e. The molecule has 1 aromatic heterocycles. The number of fused-ring (bicyclic) bond motifs is 1.